The predicted octanol–water partition coefficient (Wildman–Crippen LogP) is 1.01. The predicted molar refractivity (Wildman–Crippen MR) is 77.7 cm³/mol. The van der Waals surface area contributed by atoms with Gasteiger partial charge < -0.3 is 19.3 Å². The number of amides is 2. The molecule has 2 amide bonds. The average molecular weight is 292 g/mol. The molecule has 0 bridgehead atoms. The van der Waals surface area contributed by atoms with Gasteiger partial charge in [-0.2, -0.15) is 0 Å². The second-order valence-corrected chi connectivity index (χ2v) is 4.84. The fourth-order valence-electron chi connectivity index (χ4n) is 2.45. The third-order valence-corrected chi connectivity index (χ3v) is 3.65. The largest absolute Gasteiger partial charge is 0.493 e. The number of ether oxygens (including phenoxy) is 2. The van der Waals surface area contributed by atoms with Gasteiger partial charge in [0.05, 0.1) is 19.8 Å². The summed E-state index contributed by atoms with van der Waals surface area (Å²) < 4.78 is 10.5. The highest BCUT2D eigenvalue weighted by Crippen LogP contribution is 2.31. The second-order valence-electron chi connectivity index (χ2n) is 4.84. The third-order valence-electron chi connectivity index (χ3n) is 3.65. The zero-order valence-electron chi connectivity index (χ0n) is 12.6. The molecule has 1 saturated heterocycles. The van der Waals surface area contributed by atoms with Crippen molar-refractivity contribution < 1.29 is 19.1 Å². The lowest BCUT2D eigenvalue weighted by Gasteiger charge is -2.34. The lowest BCUT2D eigenvalue weighted by atomic mass is 10.1. The van der Waals surface area contributed by atoms with E-state index in [9.17, 15) is 9.59 Å². The number of piperazine rings is 1. The molecular weight excluding hydrogens is 272 g/mol. The SMILES string of the molecule is COc1cccc(C(=O)N2CCN(C(C)=O)CC2)c1OC. The first-order valence-corrected chi connectivity index (χ1v) is 6.84. The highest BCUT2D eigenvalue weighted by Gasteiger charge is 2.26. The van der Waals surface area contributed by atoms with Crippen LogP contribution in [0.1, 0.15) is 17.3 Å². The Morgan fingerprint density at radius 1 is 1.00 bits per heavy atom. The molecule has 1 fully saturated rings. The summed E-state index contributed by atoms with van der Waals surface area (Å²) in [6.45, 7) is 3.72. The molecule has 0 aromatic heterocycles. The Bertz CT molecular complexity index is 536. The van der Waals surface area contributed by atoms with E-state index in [1.54, 1.807) is 34.9 Å². The minimum absolute atomic E-state index is 0.0426. The van der Waals surface area contributed by atoms with Crippen molar-refractivity contribution in [1.82, 2.24) is 9.80 Å². The van der Waals surface area contributed by atoms with Crippen LogP contribution in [0.2, 0.25) is 0 Å². The van der Waals surface area contributed by atoms with E-state index < -0.39 is 0 Å². The van der Waals surface area contributed by atoms with Gasteiger partial charge >= 0.3 is 0 Å². The van der Waals surface area contributed by atoms with Crippen LogP contribution >= 0.6 is 0 Å². The van der Waals surface area contributed by atoms with Gasteiger partial charge in [-0.3, -0.25) is 9.59 Å². The van der Waals surface area contributed by atoms with Crippen LogP contribution in [-0.2, 0) is 4.79 Å². The van der Waals surface area contributed by atoms with Crippen LogP contribution < -0.4 is 9.47 Å². The van der Waals surface area contributed by atoms with E-state index in [0.29, 0.717) is 43.2 Å². The third kappa shape index (κ3) is 3.09. The summed E-state index contributed by atoms with van der Waals surface area (Å²) in [6.07, 6.45) is 0. The van der Waals surface area contributed by atoms with Crippen LogP contribution in [0.3, 0.4) is 0 Å². The topological polar surface area (TPSA) is 59.1 Å². The fraction of sp³-hybridized carbons (Fsp3) is 0.467. The van der Waals surface area contributed by atoms with E-state index >= 15 is 0 Å². The molecule has 0 radical (unpaired) electrons. The maximum absolute atomic E-state index is 12.6. The summed E-state index contributed by atoms with van der Waals surface area (Å²) in [5.74, 6) is 0.916. The quantitative estimate of drug-likeness (QED) is 0.834. The number of carbonyl (C=O) groups is 2. The summed E-state index contributed by atoms with van der Waals surface area (Å²) in [5.41, 5.74) is 0.480. The molecule has 2 rings (SSSR count). The number of hydrogen-bond acceptors (Lipinski definition) is 4. The van der Waals surface area contributed by atoms with Gasteiger partial charge in [-0.15, -0.1) is 0 Å². The minimum Gasteiger partial charge on any atom is -0.493 e. The van der Waals surface area contributed by atoms with Crippen molar-refractivity contribution in [2.45, 2.75) is 6.92 Å². The van der Waals surface area contributed by atoms with Crippen LogP contribution in [0.4, 0.5) is 0 Å². The number of nitrogens with zero attached hydrogens (tertiary/aromatic N) is 2. The number of carbonyl (C=O) groups excluding carboxylic acids is 2. The molecule has 1 aromatic rings. The molecule has 6 nitrogen and oxygen atoms in total. The summed E-state index contributed by atoms with van der Waals surface area (Å²) >= 11 is 0. The molecule has 0 N–H and O–H groups in total. The van der Waals surface area contributed by atoms with Crippen LogP contribution in [0.5, 0.6) is 11.5 Å². The molecule has 0 unspecified atom stereocenters. The molecule has 1 aliphatic heterocycles. The van der Waals surface area contributed by atoms with Crippen LogP contribution in [0.15, 0.2) is 18.2 Å². The zero-order chi connectivity index (χ0) is 15.4. The first-order chi connectivity index (χ1) is 10.1. The standard InChI is InChI=1S/C15H20N2O4/c1-11(18)16-7-9-17(10-8-16)15(19)12-5-4-6-13(20-2)14(12)21-3/h4-6H,7-10H2,1-3H3. The Hall–Kier alpha value is -2.24. The van der Waals surface area contributed by atoms with Crippen LogP contribution in [0.25, 0.3) is 0 Å². The molecule has 1 aliphatic rings. The zero-order valence-corrected chi connectivity index (χ0v) is 12.6. The van der Waals surface area contributed by atoms with Gasteiger partial charge in [-0.1, -0.05) is 6.07 Å². The summed E-state index contributed by atoms with van der Waals surface area (Å²) in [6, 6.07) is 5.24. The van der Waals surface area contributed by atoms with Crippen molar-refractivity contribution >= 4 is 11.8 Å². The molecule has 114 valence electrons. The maximum Gasteiger partial charge on any atom is 0.257 e. The lowest BCUT2D eigenvalue weighted by molar-refractivity contribution is -0.130. The number of rotatable bonds is 3. The molecule has 0 spiro atoms. The number of para-hydroxylation sites is 1. The highest BCUT2D eigenvalue weighted by atomic mass is 16.5. The number of benzene rings is 1. The maximum atomic E-state index is 12.6. The van der Waals surface area contributed by atoms with Crippen molar-refractivity contribution in [3.63, 3.8) is 0 Å². The monoisotopic (exact) mass is 292 g/mol. The van der Waals surface area contributed by atoms with Gasteiger partial charge in [0.1, 0.15) is 0 Å². The molecule has 1 heterocycles. The van der Waals surface area contributed by atoms with Gasteiger partial charge in [-0.25, -0.2) is 0 Å². The van der Waals surface area contributed by atoms with Crippen LogP contribution in [0, 0.1) is 0 Å². The van der Waals surface area contributed by atoms with Gasteiger partial charge in [-0.05, 0) is 12.1 Å². The van der Waals surface area contributed by atoms with E-state index in [0.717, 1.165) is 0 Å². The lowest BCUT2D eigenvalue weighted by Crippen LogP contribution is -2.50. The molecule has 21 heavy (non-hydrogen) atoms. The Kier molecular flexibility index (Phi) is 4.67. The molecule has 0 atom stereocenters. The molecule has 0 saturated carbocycles. The summed E-state index contributed by atoms with van der Waals surface area (Å²) in [5, 5.41) is 0. The Labute approximate surface area is 124 Å². The van der Waals surface area contributed by atoms with E-state index in [4.69, 9.17) is 9.47 Å². The van der Waals surface area contributed by atoms with Gasteiger partial charge in [0.15, 0.2) is 11.5 Å². The smallest absolute Gasteiger partial charge is 0.257 e. The van der Waals surface area contributed by atoms with E-state index in [2.05, 4.69) is 0 Å². The molecular formula is C15H20N2O4. The molecule has 1 aromatic carbocycles. The Morgan fingerprint density at radius 3 is 2.14 bits per heavy atom. The second kappa shape index (κ2) is 6.47. The average Bonchev–Trinajstić information content (AvgIpc) is 2.53. The Balaban J connectivity index is 2.16. The van der Waals surface area contributed by atoms with Crippen molar-refractivity contribution in [2.24, 2.45) is 0 Å². The summed E-state index contributed by atoms with van der Waals surface area (Å²) in [7, 11) is 3.06. The first-order valence-electron chi connectivity index (χ1n) is 6.84. The highest BCUT2D eigenvalue weighted by molar-refractivity contribution is 5.98. The number of hydrogen-bond donors (Lipinski definition) is 0. The van der Waals surface area contributed by atoms with Gasteiger partial charge in [0, 0.05) is 33.1 Å². The van der Waals surface area contributed by atoms with E-state index in [-0.39, 0.29) is 11.8 Å². The molecule has 6 heteroatoms. The first kappa shape index (κ1) is 15.2. The normalized spacial score (nSPS) is 14.8. The van der Waals surface area contributed by atoms with Gasteiger partial charge in [0.25, 0.3) is 5.91 Å². The summed E-state index contributed by atoms with van der Waals surface area (Å²) in [4.78, 5) is 27.4. The molecule has 0 aliphatic carbocycles. The van der Waals surface area contributed by atoms with E-state index in [1.165, 1.54) is 14.2 Å². The van der Waals surface area contributed by atoms with Crippen LogP contribution in [-0.4, -0.2) is 62.0 Å². The Morgan fingerprint density at radius 2 is 1.62 bits per heavy atom. The van der Waals surface area contributed by atoms with Crippen molar-refractivity contribution in [1.29, 1.82) is 0 Å². The van der Waals surface area contributed by atoms with Crippen molar-refractivity contribution in [2.75, 3.05) is 40.4 Å². The fourth-order valence-corrected chi connectivity index (χ4v) is 2.45. The van der Waals surface area contributed by atoms with E-state index in [1.807, 2.05) is 0 Å². The van der Waals surface area contributed by atoms with Crippen molar-refractivity contribution in [3.05, 3.63) is 23.8 Å². The number of methoxy groups -OCH3 is 2. The minimum atomic E-state index is -0.103. The van der Waals surface area contributed by atoms with Crippen molar-refractivity contribution in [3.8, 4) is 11.5 Å². The van der Waals surface area contributed by atoms with Gasteiger partial charge in [0.2, 0.25) is 5.91 Å².